The molecule has 0 atom stereocenters. The van der Waals surface area contributed by atoms with Crippen molar-refractivity contribution in [1.82, 2.24) is 5.43 Å². The molecular weight excluding hydrogens is 534 g/mol. The number of halogens is 1. The van der Waals surface area contributed by atoms with Crippen molar-refractivity contribution < 1.29 is 28.7 Å². The average Bonchev–Trinajstić information content (AvgIpc) is 2.88. The number of carbonyl (C=O) groups is 2. The minimum absolute atomic E-state index is 0.103. The van der Waals surface area contributed by atoms with Gasteiger partial charge in [-0.05, 0) is 75.6 Å². The number of rotatable bonds is 10. The van der Waals surface area contributed by atoms with Crippen LogP contribution in [0.4, 0.5) is 5.69 Å². The molecule has 184 valence electrons. The topological polar surface area (TPSA) is 129 Å². The maximum Gasteiger partial charge on any atom is 0.336 e. The number of nitro groups is 1. The number of nitrogens with one attached hydrogen (secondary N) is 1. The van der Waals surface area contributed by atoms with Gasteiger partial charge in [-0.3, -0.25) is 14.9 Å². The van der Waals surface area contributed by atoms with Crippen LogP contribution in [-0.4, -0.2) is 36.7 Å². The lowest BCUT2D eigenvalue weighted by Crippen LogP contribution is -2.24. The predicted octanol–water partition coefficient (Wildman–Crippen LogP) is 4.51. The van der Waals surface area contributed by atoms with E-state index in [2.05, 4.69) is 26.5 Å². The number of esters is 1. The van der Waals surface area contributed by atoms with Gasteiger partial charge in [0.25, 0.3) is 11.6 Å². The minimum Gasteiger partial charge on any atom is -0.497 e. The number of non-ortho nitro benzene ring substituents is 1. The molecule has 0 heterocycles. The molecular formula is C25H20BrN3O7. The zero-order chi connectivity index (χ0) is 25.9. The largest absolute Gasteiger partial charge is 0.497 e. The smallest absolute Gasteiger partial charge is 0.336 e. The number of benzene rings is 3. The molecule has 0 spiro atoms. The molecule has 0 aromatic heterocycles. The maximum atomic E-state index is 12.0. The van der Waals surface area contributed by atoms with Crippen LogP contribution in [0.5, 0.6) is 17.2 Å². The van der Waals surface area contributed by atoms with Crippen LogP contribution in [0.2, 0.25) is 0 Å². The second kappa shape index (κ2) is 12.8. The zero-order valence-electron chi connectivity index (χ0n) is 18.9. The Morgan fingerprint density at radius 1 is 1.03 bits per heavy atom. The van der Waals surface area contributed by atoms with Crippen LogP contribution in [0.15, 0.2) is 82.4 Å². The number of carbonyl (C=O) groups excluding carboxylic acids is 2. The fourth-order valence-corrected chi connectivity index (χ4v) is 3.21. The van der Waals surface area contributed by atoms with Crippen LogP contribution in [0.1, 0.15) is 11.1 Å². The Bertz CT molecular complexity index is 1290. The van der Waals surface area contributed by atoms with E-state index < -0.39 is 16.8 Å². The van der Waals surface area contributed by atoms with Crippen LogP contribution in [0, 0.1) is 10.1 Å². The number of nitrogens with zero attached hydrogens (tertiary/aromatic N) is 2. The van der Waals surface area contributed by atoms with E-state index in [1.54, 1.807) is 49.6 Å². The van der Waals surface area contributed by atoms with Crippen molar-refractivity contribution in [2.24, 2.45) is 5.10 Å². The van der Waals surface area contributed by atoms with Gasteiger partial charge >= 0.3 is 5.97 Å². The van der Waals surface area contributed by atoms with E-state index in [0.29, 0.717) is 15.8 Å². The summed E-state index contributed by atoms with van der Waals surface area (Å²) in [6.07, 6.45) is 4.37. The third-order valence-electron chi connectivity index (χ3n) is 4.51. The molecule has 0 aliphatic heterocycles. The number of hydrogen-bond donors (Lipinski definition) is 1. The van der Waals surface area contributed by atoms with Crippen molar-refractivity contribution in [3.05, 3.63) is 98.5 Å². The summed E-state index contributed by atoms with van der Waals surface area (Å²) in [6.45, 7) is -0.341. The first kappa shape index (κ1) is 26.1. The van der Waals surface area contributed by atoms with Crippen molar-refractivity contribution in [3.8, 4) is 17.2 Å². The van der Waals surface area contributed by atoms with E-state index in [1.165, 1.54) is 30.5 Å². The highest BCUT2D eigenvalue weighted by Crippen LogP contribution is 2.29. The fourth-order valence-electron chi connectivity index (χ4n) is 2.73. The number of nitro benzene ring substituents is 1. The van der Waals surface area contributed by atoms with E-state index in [-0.39, 0.29) is 18.0 Å². The first-order chi connectivity index (χ1) is 17.3. The molecule has 0 radical (unpaired) electrons. The fraction of sp³-hybridized carbons (Fsp3) is 0.0800. The van der Waals surface area contributed by atoms with Crippen molar-refractivity contribution >= 4 is 45.8 Å². The Balaban J connectivity index is 1.44. The molecule has 0 aliphatic carbocycles. The van der Waals surface area contributed by atoms with Crippen LogP contribution in [0.3, 0.4) is 0 Å². The number of amides is 1. The first-order valence-corrected chi connectivity index (χ1v) is 11.2. The molecule has 3 rings (SSSR count). The number of hydrogen-bond acceptors (Lipinski definition) is 8. The van der Waals surface area contributed by atoms with Gasteiger partial charge in [-0.1, -0.05) is 12.1 Å². The molecule has 10 nitrogen and oxygen atoms in total. The lowest BCUT2D eigenvalue weighted by molar-refractivity contribution is -0.385. The normalized spacial score (nSPS) is 10.8. The number of methoxy groups -OCH3 is 1. The molecule has 0 saturated heterocycles. The third-order valence-corrected chi connectivity index (χ3v) is 5.13. The number of ether oxygens (including phenoxy) is 3. The Hall–Kier alpha value is -4.51. The molecule has 3 aromatic rings. The van der Waals surface area contributed by atoms with Crippen LogP contribution in [0.25, 0.3) is 6.08 Å². The molecule has 0 bridgehead atoms. The second-order valence-corrected chi connectivity index (χ2v) is 7.90. The van der Waals surface area contributed by atoms with E-state index in [1.807, 2.05) is 12.1 Å². The standard InChI is InChI=1S/C25H20BrN3O7/c1-34-20-8-2-17(3-9-20)6-13-25(31)36-21-10-4-18(5-11-21)15-27-28-24(30)16-35-23-12-7-19(29(32)33)14-22(23)26/h2-15H,16H2,1H3,(H,28,30)/b13-6+,27-15+. The maximum absolute atomic E-state index is 12.0. The van der Waals surface area contributed by atoms with E-state index in [9.17, 15) is 19.7 Å². The SMILES string of the molecule is COc1ccc(/C=C/C(=O)Oc2ccc(/C=N/NC(=O)COc3ccc([N+](=O)[O-])cc3Br)cc2)cc1. The summed E-state index contributed by atoms with van der Waals surface area (Å²) >= 11 is 3.16. The van der Waals surface area contributed by atoms with Crippen molar-refractivity contribution in [1.29, 1.82) is 0 Å². The highest BCUT2D eigenvalue weighted by Gasteiger charge is 2.11. The predicted molar refractivity (Wildman–Crippen MR) is 136 cm³/mol. The van der Waals surface area contributed by atoms with Gasteiger partial charge in [0.1, 0.15) is 17.2 Å². The van der Waals surface area contributed by atoms with Crippen LogP contribution < -0.4 is 19.6 Å². The van der Waals surface area contributed by atoms with Crippen LogP contribution >= 0.6 is 15.9 Å². The van der Waals surface area contributed by atoms with Crippen molar-refractivity contribution in [3.63, 3.8) is 0 Å². The first-order valence-electron chi connectivity index (χ1n) is 10.4. The summed E-state index contributed by atoms with van der Waals surface area (Å²) in [5.41, 5.74) is 3.70. The molecule has 11 heteroatoms. The van der Waals surface area contributed by atoms with Crippen molar-refractivity contribution in [2.75, 3.05) is 13.7 Å². The lowest BCUT2D eigenvalue weighted by Gasteiger charge is -2.06. The summed E-state index contributed by atoms with van der Waals surface area (Å²) in [7, 11) is 1.58. The Morgan fingerprint density at radius 3 is 2.33 bits per heavy atom. The molecule has 0 unspecified atom stereocenters. The molecule has 0 aliphatic rings. The molecule has 0 saturated carbocycles. The van der Waals surface area contributed by atoms with Gasteiger partial charge in [0, 0.05) is 18.2 Å². The van der Waals surface area contributed by atoms with E-state index in [0.717, 1.165) is 11.3 Å². The third kappa shape index (κ3) is 8.06. The van der Waals surface area contributed by atoms with E-state index in [4.69, 9.17) is 14.2 Å². The summed E-state index contributed by atoms with van der Waals surface area (Å²) < 4.78 is 16.0. The summed E-state index contributed by atoms with van der Waals surface area (Å²) in [6, 6.07) is 17.7. The lowest BCUT2D eigenvalue weighted by atomic mass is 10.2. The molecule has 3 aromatic carbocycles. The summed E-state index contributed by atoms with van der Waals surface area (Å²) in [5.74, 6) is 0.304. The Labute approximate surface area is 214 Å². The van der Waals surface area contributed by atoms with Gasteiger partial charge in [0.05, 0.1) is 22.7 Å². The van der Waals surface area contributed by atoms with Crippen molar-refractivity contribution in [2.45, 2.75) is 0 Å². The van der Waals surface area contributed by atoms with Gasteiger partial charge in [0.2, 0.25) is 0 Å². The van der Waals surface area contributed by atoms with Gasteiger partial charge in [-0.15, -0.1) is 0 Å². The molecule has 1 N–H and O–H groups in total. The molecule has 1 amide bonds. The summed E-state index contributed by atoms with van der Waals surface area (Å²) in [4.78, 5) is 34.2. The monoisotopic (exact) mass is 553 g/mol. The minimum atomic E-state index is -0.534. The Morgan fingerprint density at radius 2 is 1.69 bits per heavy atom. The highest BCUT2D eigenvalue weighted by atomic mass is 79.9. The van der Waals surface area contributed by atoms with Gasteiger partial charge in [0.15, 0.2) is 6.61 Å². The quantitative estimate of drug-likeness (QED) is 0.0975. The zero-order valence-corrected chi connectivity index (χ0v) is 20.5. The van der Waals surface area contributed by atoms with Gasteiger partial charge < -0.3 is 14.2 Å². The van der Waals surface area contributed by atoms with Gasteiger partial charge in [-0.25, -0.2) is 10.2 Å². The summed E-state index contributed by atoms with van der Waals surface area (Å²) in [5, 5.41) is 14.6. The molecule has 36 heavy (non-hydrogen) atoms. The van der Waals surface area contributed by atoms with E-state index >= 15 is 0 Å². The molecule has 0 fully saturated rings. The highest BCUT2D eigenvalue weighted by molar-refractivity contribution is 9.10. The average molecular weight is 554 g/mol. The number of hydrazone groups is 1. The van der Waals surface area contributed by atoms with Crippen LogP contribution in [-0.2, 0) is 9.59 Å². The second-order valence-electron chi connectivity index (χ2n) is 7.05. The van der Waals surface area contributed by atoms with Gasteiger partial charge in [-0.2, -0.15) is 5.10 Å². The Kier molecular flexibility index (Phi) is 9.29.